The second-order valence-corrected chi connectivity index (χ2v) is 10.6. The summed E-state index contributed by atoms with van der Waals surface area (Å²) in [6, 6.07) is 17.1. The molecule has 5 rings (SSSR count). The first-order valence-electron chi connectivity index (χ1n) is 12.1. The van der Waals surface area contributed by atoms with Gasteiger partial charge in [0.05, 0.1) is 0 Å². The third kappa shape index (κ3) is 5.45. The Morgan fingerprint density at radius 2 is 1.74 bits per heavy atom. The molecule has 5 nitrogen and oxygen atoms in total. The number of likely N-dealkylation sites (tertiary alicyclic amines) is 1. The van der Waals surface area contributed by atoms with Crippen molar-refractivity contribution < 1.29 is 18.8 Å². The predicted molar refractivity (Wildman–Crippen MR) is 138 cm³/mol. The third-order valence-corrected chi connectivity index (χ3v) is 7.78. The van der Waals surface area contributed by atoms with Gasteiger partial charge in [0, 0.05) is 39.8 Å². The minimum Gasteiger partial charge on any atom is -0.508 e. The Kier molecular flexibility index (Phi) is 7.16. The molecule has 0 bridgehead atoms. The first-order valence-corrected chi connectivity index (χ1v) is 13.6. The van der Waals surface area contributed by atoms with Crippen LogP contribution in [0.2, 0.25) is 0 Å². The monoisotopic (exact) mass is 477 g/mol. The normalized spacial score (nSPS) is 19.1. The van der Waals surface area contributed by atoms with Crippen molar-refractivity contribution in [2.45, 2.75) is 25.7 Å². The molecule has 0 amide bonds. The standard InChI is InChI=1S/C28H31NO4S/c30-23-5-11-27-22(20-23)4-10-26(21-12-18-34(31)19-13-21)28(27)33-25-8-6-24(7-9-25)32-17-16-29-14-2-1-3-15-29/h4-12,20,30H,1-3,13-19H2. The third-order valence-electron chi connectivity index (χ3n) is 6.58. The van der Waals surface area contributed by atoms with Gasteiger partial charge in [-0.05, 0) is 85.8 Å². The highest BCUT2D eigenvalue weighted by atomic mass is 32.2. The van der Waals surface area contributed by atoms with Crippen LogP contribution in [0.15, 0.2) is 60.7 Å². The summed E-state index contributed by atoms with van der Waals surface area (Å²) in [5.74, 6) is 3.80. The highest BCUT2D eigenvalue weighted by Crippen LogP contribution is 2.40. The van der Waals surface area contributed by atoms with Crippen LogP contribution in [0.5, 0.6) is 23.0 Å². The Hall–Kier alpha value is -2.83. The van der Waals surface area contributed by atoms with Crippen molar-refractivity contribution in [3.63, 3.8) is 0 Å². The van der Waals surface area contributed by atoms with E-state index >= 15 is 0 Å². The maximum atomic E-state index is 11.9. The number of hydrogen-bond donors (Lipinski definition) is 1. The lowest BCUT2D eigenvalue weighted by Crippen LogP contribution is -2.33. The fourth-order valence-electron chi connectivity index (χ4n) is 4.70. The number of aromatic hydroxyl groups is 1. The highest BCUT2D eigenvalue weighted by Gasteiger charge is 2.18. The lowest BCUT2D eigenvalue weighted by Gasteiger charge is -2.26. The summed E-state index contributed by atoms with van der Waals surface area (Å²) in [5.41, 5.74) is 2.17. The molecule has 178 valence electrons. The number of allylic oxidation sites excluding steroid dienone is 1. The minimum atomic E-state index is -0.784. The molecule has 3 aromatic carbocycles. The number of benzene rings is 3. The Bertz CT molecular complexity index is 1200. The fraction of sp³-hybridized carbons (Fsp3) is 0.357. The largest absolute Gasteiger partial charge is 0.508 e. The van der Waals surface area contributed by atoms with Crippen LogP contribution in [0.3, 0.4) is 0 Å². The number of rotatable bonds is 7. The fourth-order valence-corrected chi connectivity index (χ4v) is 5.70. The topological polar surface area (TPSA) is 59.0 Å². The molecule has 1 fully saturated rings. The predicted octanol–water partition coefficient (Wildman–Crippen LogP) is 5.74. The molecule has 2 heterocycles. The molecule has 0 aliphatic carbocycles. The number of fused-ring (bicyclic) bond motifs is 1. The molecule has 6 heteroatoms. The molecule has 0 saturated carbocycles. The van der Waals surface area contributed by atoms with Gasteiger partial charge < -0.3 is 14.6 Å². The van der Waals surface area contributed by atoms with E-state index in [-0.39, 0.29) is 5.75 Å². The SMILES string of the molecule is O=S1CC=C(c2ccc3cc(O)ccc3c2Oc2ccc(OCCN3CCCCC3)cc2)CC1. The van der Waals surface area contributed by atoms with E-state index in [0.717, 1.165) is 52.1 Å². The van der Waals surface area contributed by atoms with Gasteiger partial charge in [0.25, 0.3) is 0 Å². The number of phenols is 1. The van der Waals surface area contributed by atoms with Crippen LogP contribution in [0.25, 0.3) is 16.3 Å². The van der Waals surface area contributed by atoms with Crippen LogP contribution in [0, 0.1) is 0 Å². The summed E-state index contributed by atoms with van der Waals surface area (Å²) in [7, 11) is -0.784. The zero-order chi connectivity index (χ0) is 23.3. The van der Waals surface area contributed by atoms with Crippen molar-refractivity contribution >= 4 is 27.1 Å². The van der Waals surface area contributed by atoms with Gasteiger partial charge in [0.1, 0.15) is 29.6 Å². The van der Waals surface area contributed by atoms with Crippen molar-refractivity contribution in [1.29, 1.82) is 0 Å². The maximum absolute atomic E-state index is 11.9. The Labute approximate surface area is 203 Å². The molecule has 1 unspecified atom stereocenters. The summed E-state index contributed by atoms with van der Waals surface area (Å²) >= 11 is 0. The van der Waals surface area contributed by atoms with Gasteiger partial charge in [-0.2, -0.15) is 0 Å². The van der Waals surface area contributed by atoms with Crippen LogP contribution >= 0.6 is 0 Å². The van der Waals surface area contributed by atoms with Crippen molar-refractivity contribution in [2.24, 2.45) is 0 Å². The van der Waals surface area contributed by atoms with Gasteiger partial charge in [0.15, 0.2) is 0 Å². The van der Waals surface area contributed by atoms with Crippen LogP contribution in [-0.2, 0) is 10.8 Å². The first-order chi connectivity index (χ1) is 16.7. The number of ether oxygens (including phenoxy) is 2. The van der Waals surface area contributed by atoms with E-state index < -0.39 is 10.8 Å². The van der Waals surface area contributed by atoms with Gasteiger partial charge >= 0.3 is 0 Å². The molecule has 1 saturated heterocycles. The number of phenolic OH excluding ortho intramolecular Hbond substituents is 1. The van der Waals surface area contributed by atoms with Gasteiger partial charge in [0.2, 0.25) is 0 Å². The second kappa shape index (κ2) is 10.6. The lowest BCUT2D eigenvalue weighted by molar-refractivity contribution is 0.183. The average Bonchev–Trinajstić information content (AvgIpc) is 2.86. The summed E-state index contributed by atoms with van der Waals surface area (Å²) in [6.07, 6.45) is 6.74. The number of piperidine rings is 1. The lowest BCUT2D eigenvalue weighted by atomic mass is 9.97. The molecule has 0 spiro atoms. The van der Waals surface area contributed by atoms with Gasteiger partial charge in [-0.1, -0.05) is 24.6 Å². The van der Waals surface area contributed by atoms with E-state index in [0.29, 0.717) is 18.1 Å². The van der Waals surface area contributed by atoms with Crippen LogP contribution in [0.4, 0.5) is 0 Å². The molecule has 2 aliphatic rings. The van der Waals surface area contributed by atoms with Gasteiger partial charge in [-0.15, -0.1) is 0 Å². The summed E-state index contributed by atoms with van der Waals surface area (Å²) in [4.78, 5) is 2.47. The molecule has 3 aromatic rings. The molecule has 0 aromatic heterocycles. The van der Waals surface area contributed by atoms with Crippen molar-refractivity contribution in [3.05, 3.63) is 66.2 Å². The summed E-state index contributed by atoms with van der Waals surface area (Å²) < 4.78 is 24.3. The van der Waals surface area contributed by atoms with Gasteiger partial charge in [-0.25, -0.2) is 0 Å². The van der Waals surface area contributed by atoms with Gasteiger partial charge in [-0.3, -0.25) is 9.11 Å². The maximum Gasteiger partial charge on any atom is 0.142 e. The molecule has 0 radical (unpaired) electrons. The molecule has 1 N–H and O–H groups in total. The van der Waals surface area contributed by atoms with Crippen LogP contribution < -0.4 is 9.47 Å². The van der Waals surface area contributed by atoms with E-state index in [4.69, 9.17) is 9.47 Å². The molecular formula is C28H31NO4S. The van der Waals surface area contributed by atoms with Crippen molar-refractivity contribution in [2.75, 3.05) is 37.7 Å². The number of nitrogens with zero attached hydrogens (tertiary/aromatic N) is 1. The molecule has 2 aliphatic heterocycles. The average molecular weight is 478 g/mol. The number of hydrogen-bond acceptors (Lipinski definition) is 5. The Morgan fingerprint density at radius 1 is 0.941 bits per heavy atom. The minimum absolute atomic E-state index is 0.226. The quantitative estimate of drug-likeness (QED) is 0.470. The van der Waals surface area contributed by atoms with E-state index in [2.05, 4.69) is 11.0 Å². The second-order valence-electron chi connectivity index (χ2n) is 8.96. The van der Waals surface area contributed by atoms with Crippen molar-refractivity contribution in [1.82, 2.24) is 4.90 Å². The molecule has 34 heavy (non-hydrogen) atoms. The zero-order valence-electron chi connectivity index (χ0n) is 19.4. The Morgan fingerprint density at radius 3 is 2.50 bits per heavy atom. The van der Waals surface area contributed by atoms with E-state index in [1.165, 1.54) is 32.4 Å². The van der Waals surface area contributed by atoms with E-state index in [1.54, 1.807) is 12.1 Å². The van der Waals surface area contributed by atoms with E-state index in [9.17, 15) is 9.32 Å². The smallest absolute Gasteiger partial charge is 0.142 e. The molecular weight excluding hydrogens is 446 g/mol. The van der Waals surface area contributed by atoms with E-state index in [1.807, 2.05) is 42.5 Å². The van der Waals surface area contributed by atoms with Crippen molar-refractivity contribution in [3.8, 4) is 23.0 Å². The first kappa shape index (κ1) is 22.9. The summed E-state index contributed by atoms with van der Waals surface area (Å²) in [5, 5.41) is 11.8. The van der Waals surface area contributed by atoms with Crippen LogP contribution in [-0.4, -0.2) is 52.0 Å². The summed E-state index contributed by atoms with van der Waals surface area (Å²) in [6.45, 7) is 4.00. The molecule has 1 atom stereocenters. The van der Waals surface area contributed by atoms with Crippen LogP contribution in [0.1, 0.15) is 31.2 Å². The Balaban J connectivity index is 1.35. The zero-order valence-corrected chi connectivity index (χ0v) is 20.2. The highest BCUT2D eigenvalue weighted by molar-refractivity contribution is 7.85.